The van der Waals surface area contributed by atoms with E-state index in [1.165, 1.54) is 11.3 Å². The van der Waals surface area contributed by atoms with Crippen molar-refractivity contribution in [1.29, 1.82) is 0 Å². The molecule has 0 spiro atoms. The number of thiazole rings is 1. The van der Waals surface area contributed by atoms with Crippen LogP contribution in [0.2, 0.25) is 5.02 Å². The molecule has 0 unspecified atom stereocenters. The summed E-state index contributed by atoms with van der Waals surface area (Å²) in [6, 6.07) is 6.55. The number of carbonyl (C=O) groups is 1. The second-order valence-electron chi connectivity index (χ2n) is 4.52. The Morgan fingerprint density at radius 2 is 1.95 bits per heavy atom. The first kappa shape index (κ1) is 14.7. The van der Waals surface area contributed by atoms with Gasteiger partial charge < -0.3 is 4.42 Å². The van der Waals surface area contributed by atoms with Gasteiger partial charge in [-0.2, -0.15) is 0 Å². The average molecular weight is 335 g/mol. The third kappa shape index (κ3) is 3.00. The van der Waals surface area contributed by atoms with Crippen molar-refractivity contribution in [3.05, 3.63) is 45.6 Å². The molecule has 22 heavy (non-hydrogen) atoms. The number of hydrogen-bond donors (Lipinski definition) is 1. The van der Waals surface area contributed by atoms with Gasteiger partial charge >= 0.3 is 6.01 Å². The van der Waals surface area contributed by atoms with Crippen molar-refractivity contribution in [2.45, 2.75) is 13.8 Å². The van der Waals surface area contributed by atoms with Gasteiger partial charge in [-0.1, -0.05) is 16.7 Å². The van der Waals surface area contributed by atoms with E-state index in [1.54, 1.807) is 24.3 Å². The first-order chi connectivity index (χ1) is 10.5. The summed E-state index contributed by atoms with van der Waals surface area (Å²) in [7, 11) is 0. The molecule has 1 N–H and O–H groups in total. The van der Waals surface area contributed by atoms with Crippen LogP contribution in [-0.2, 0) is 0 Å². The Labute approximate surface area is 135 Å². The molecule has 2 heterocycles. The number of carbonyl (C=O) groups excluding carboxylic acids is 1. The van der Waals surface area contributed by atoms with Gasteiger partial charge in [0.15, 0.2) is 0 Å². The van der Waals surface area contributed by atoms with E-state index < -0.39 is 0 Å². The number of halogens is 1. The highest BCUT2D eigenvalue weighted by Crippen LogP contribution is 2.29. The van der Waals surface area contributed by atoms with E-state index in [2.05, 4.69) is 20.5 Å². The maximum atomic E-state index is 12.1. The van der Waals surface area contributed by atoms with Gasteiger partial charge in [-0.05, 0) is 38.1 Å². The van der Waals surface area contributed by atoms with Crippen molar-refractivity contribution in [1.82, 2.24) is 15.2 Å². The molecular formula is C14H11ClN4O2S. The van der Waals surface area contributed by atoms with Crippen molar-refractivity contribution in [3.8, 4) is 10.8 Å². The van der Waals surface area contributed by atoms with E-state index in [-0.39, 0.29) is 11.9 Å². The molecule has 3 rings (SSSR count). The molecule has 1 amide bonds. The molecule has 6 nitrogen and oxygen atoms in total. The van der Waals surface area contributed by atoms with Crippen LogP contribution in [0.15, 0.2) is 28.7 Å². The van der Waals surface area contributed by atoms with Gasteiger partial charge in [0.2, 0.25) is 0 Å². The molecule has 0 aliphatic rings. The Morgan fingerprint density at radius 1 is 1.23 bits per heavy atom. The van der Waals surface area contributed by atoms with Gasteiger partial charge in [0.05, 0.1) is 10.7 Å². The molecule has 112 valence electrons. The molecule has 0 fully saturated rings. The van der Waals surface area contributed by atoms with Crippen LogP contribution in [0.1, 0.15) is 21.1 Å². The number of hydrogen-bond acceptors (Lipinski definition) is 6. The maximum absolute atomic E-state index is 12.1. The lowest BCUT2D eigenvalue weighted by molar-refractivity contribution is 0.102. The third-order valence-electron chi connectivity index (χ3n) is 2.85. The molecule has 3 aromatic rings. The number of anilines is 1. The Balaban J connectivity index is 1.78. The average Bonchev–Trinajstić information content (AvgIpc) is 3.06. The van der Waals surface area contributed by atoms with Gasteiger partial charge in [0.1, 0.15) is 4.88 Å². The van der Waals surface area contributed by atoms with Crippen molar-refractivity contribution in [2.24, 2.45) is 0 Å². The number of aryl methyl sites for hydroxylation is 2. The molecule has 0 saturated heterocycles. The van der Waals surface area contributed by atoms with Gasteiger partial charge in [0.25, 0.3) is 11.8 Å². The summed E-state index contributed by atoms with van der Waals surface area (Å²) in [5.74, 6) is -0.00131. The Morgan fingerprint density at radius 3 is 2.59 bits per heavy atom. The van der Waals surface area contributed by atoms with Crippen molar-refractivity contribution in [3.63, 3.8) is 0 Å². The molecule has 0 saturated carbocycles. The van der Waals surface area contributed by atoms with Crippen LogP contribution in [0, 0.1) is 13.8 Å². The number of rotatable bonds is 3. The molecule has 0 atom stereocenters. The molecule has 0 radical (unpaired) electrons. The highest BCUT2D eigenvalue weighted by molar-refractivity contribution is 7.15. The normalized spacial score (nSPS) is 10.7. The Bertz CT molecular complexity index is 826. The van der Waals surface area contributed by atoms with Crippen LogP contribution in [-0.4, -0.2) is 21.1 Å². The van der Waals surface area contributed by atoms with E-state index in [1.807, 2.05) is 13.8 Å². The first-order valence-electron chi connectivity index (χ1n) is 6.38. The smallest absolute Gasteiger partial charge is 0.322 e. The molecule has 2 aromatic heterocycles. The number of benzene rings is 1. The summed E-state index contributed by atoms with van der Waals surface area (Å²) >= 11 is 7.25. The zero-order chi connectivity index (χ0) is 15.7. The molecule has 1 aromatic carbocycles. The fourth-order valence-corrected chi connectivity index (χ4v) is 2.83. The fourth-order valence-electron chi connectivity index (χ4n) is 1.87. The second kappa shape index (κ2) is 5.86. The minimum atomic E-state index is -0.343. The quantitative estimate of drug-likeness (QED) is 0.789. The minimum absolute atomic E-state index is 0.0420. The highest BCUT2D eigenvalue weighted by atomic mass is 35.5. The van der Waals surface area contributed by atoms with Gasteiger partial charge in [-0.3, -0.25) is 10.1 Å². The van der Waals surface area contributed by atoms with Crippen LogP contribution in [0.3, 0.4) is 0 Å². The lowest BCUT2D eigenvalue weighted by Gasteiger charge is -2.00. The molecule has 0 bridgehead atoms. The van der Waals surface area contributed by atoms with E-state index in [9.17, 15) is 4.79 Å². The molecular weight excluding hydrogens is 324 g/mol. The minimum Gasteiger partial charge on any atom is -0.402 e. The SMILES string of the molecule is Cc1nc(C)c(-c2nnc(NC(=O)c3ccc(Cl)cc3)o2)s1. The summed E-state index contributed by atoms with van der Waals surface area (Å²) in [6.07, 6.45) is 0. The predicted molar refractivity (Wildman–Crippen MR) is 84.3 cm³/mol. The number of amides is 1. The van der Waals surface area contributed by atoms with Gasteiger partial charge in [0, 0.05) is 10.6 Å². The monoisotopic (exact) mass is 334 g/mol. The Hall–Kier alpha value is -2.25. The van der Waals surface area contributed by atoms with Crippen LogP contribution >= 0.6 is 22.9 Å². The summed E-state index contributed by atoms with van der Waals surface area (Å²) in [5.41, 5.74) is 1.27. The number of nitrogens with zero attached hydrogens (tertiary/aromatic N) is 3. The largest absolute Gasteiger partial charge is 0.402 e. The van der Waals surface area contributed by atoms with Crippen LogP contribution in [0.25, 0.3) is 10.8 Å². The highest BCUT2D eigenvalue weighted by Gasteiger charge is 2.16. The first-order valence-corrected chi connectivity index (χ1v) is 7.57. The summed E-state index contributed by atoms with van der Waals surface area (Å²) in [5, 5.41) is 11.8. The van der Waals surface area contributed by atoms with Crippen molar-refractivity contribution in [2.75, 3.05) is 5.32 Å². The van der Waals surface area contributed by atoms with E-state index in [0.29, 0.717) is 16.5 Å². The summed E-state index contributed by atoms with van der Waals surface area (Å²) in [6.45, 7) is 3.77. The van der Waals surface area contributed by atoms with Crippen LogP contribution in [0.4, 0.5) is 6.01 Å². The predicted octanol–water partition coefficient (Wildman–Crippen LogP) is 3.72. The van der Waals surface area contributed by atoms with Gasteiger partial charge in [-0.15, -0.1) is 16.4 Å². The lowest BCUT2D eigenvalue weighted by Crippen LogP contribution is -2.11. The zero-order valence-electron chi connectivity index (χ0n) is 11.8. The van der Waals surface area contributed by atoms with Crippen molar-refractivity contribution < 1.29 is 9.21 Å². The number of aromatic nitrogens is 3. The lowest BCUT2D eigenvalue weighted by atomic mass is 10.2. The van der Waals surface area contributed by atoms with Gasteiger partial charge in [-0.25, -0.2) is 4.98 Å². The van der Waals surface area contributed by atoms with E-state index in [4.69, 9.17) is 16.0 Å². The Kier molecular flexibility index (Phi) is 3.91. The second-order valence-corrected chi connectivity index (χ2v) is 6.16. The summed E-state index contributed by atoms with van der Waals surface area (Å²) < 4.78 is 5.47. The van der Waals surface area contributed by atoms with Crippen LogP contribution in [0.5, 0.6) is 0 Å². The standard InChI is InChI=1S/C14H11ClN4O2S/c1-7-11(22-8(2)16-7)13-18-19-14(21-13)17-12(20)9-3-5-10(15)6-4-9/h3-6H,1-2H3,(H,17,19,20). The van der Waals surface area contributed by atoms with Crippen molar-refractivity contribution >= 4 is 34.9 Å². The zero-order valence-corrected chi connectivity index (χ0v) is 13.3. The van der Waals surface area contributed by atoms with E-state index >= 15 is 0 Å². The third-order valence-corrected chi connectivity index (χ3v) is 4.16. The molecule has 0 aliphatic carbocycles. The fraction of sp³-hybridized carbons (Fsp3) is 0.143. The number of nitrogens with one attached hydrogen (secondary N) is 1. The maximum Gasteiger partial charge on any atom is 0.322 e. The topological polar surface area (TPSA) is 80.9 Å². The van der Waals surface area contributed by atoms with Crippen LogP contribution < -0.4 is 5.32 Å². The van der Waals surface area contributed by atoms with E-state index in [0.717, 1.165) is 15.6 Å². The molecule has 8 heteroatoms. The summed E-state index contributed by atoms with van der Waals surface area (Å²) in [4.78, 5) is 17.2. The molecule has 0 aliphatic heterocycles.